The van der Waals surface area contributed by atoms with Gasteiger partial charge in [-0.15, -0.1) is 0 Å². The first kappa shape index (κ1) is 126. The molecule has 0 radical (unpaired) electrons. The van der Waals surface area contributed by atoms with E-state index in [1.807, 2.05) is 185 Å². The quantitative estimate of drug-likeness (QED) is 0.0576. The molecule has 1 aliphatic rings. The van der Waals surface area contributed by atoms with Gasteiger partial charge in [0.25, 0.3) is 0 Å². The largest absolute Gasteiger partial charge is 0.494 e. The van der Waals surface area contributed by atoms with Gasteiger partial charge in [0.05, 0.1) is 65.7 Å². The lowest BCUT2D eigenvalue weighted by atomic mass is 9.88. The molecule has 9 aromatic carbocycles. The van der Waals surface area contributed by atoms with Crippen LogP contribution in [0.3, 0.4) is 0 Å². The zero-order valence-electron chi connectivity index (χ0n) is 92.0. The summed E-state index contributed by atoms with van der Waals surface area (Å²) in [5.74, 6) is 3.88. The molecule has 0 amide bonds. The summed E-state index contributed by atoms with van der Waals surface area (Å²) in [4.78, 5) is 15.6. The number of aliphatic imine (C=N–C) groups is 1. The lowest BCUT2D eigenvalue weighted by molar-refractivity contribution is -0.124. The fourth-order valence-corrected chi connectivity index (χ4v) is 18.1. The lowest BCUT2D eigenvalue weighted by Crippen LogP contribution is -2.33. The van der Waals surface area contributed by atoms with E-state index in [1.54, 1.807) is 135 Å². The number of benzene rings is 9. The molecule has 0 unspecified atom stereocenters. The summed E-state index contributed by atoms with van der Waals surface area (Å²) in [6.45, 7) is 70.7. The highest BCUT2D eigenvalue weighted by atomic mass is 32.2. The van der Waals surface area contributed by atoms with Gasteiger partial charge in [0.15, 0.2) is 45.1 Å². The topological polar surface area (TPSA) is 220 Å². The Morgan fingerprint density at radius 2 is 0.743 bits per heavy atom. The standard InChI is InChI=1S/C18H22O2S.C16H18O3S.C13H20O.C13H20.C13H18.C12H18O.C11H16.C10H17NO2S.C9H15NO3S.C6H12O/c1-18(2,3)21(19,20)14-17(15-10-6-4-7-11-15)16-12-8-5-9-13-16;1-16(2,3)20(17,18)15-11-9-14(10-12-15)19-13-7-5-4-6-8-13;1-13(2,3)10-7-11-14-12-8-5-4-6-9-12;2*1-13(2,3)11-7-10-12-8-5-4-6-9-12;1-12(2,3)9-10-13-11-7-5-4-6-8-11;1-11(2,3)9-10-7-5-4-6-8-10;1-7-6-11-8(2)9(7)14(12,13)10(3,4)5;1-6-8(7(2)13-10-6)14(11,12)9(3,4)5;1-5(7)6(2,3)4/h4-13,17H,14H2,1-3H3;4-12H,1-3H3;4-6,8-9H,7,10-11H2,1-3H3;4-6,8-9H,7,10-11H2,1-3H3;4-10H,11H2,1-3H3;4-8H,9-10H2,1-3H3;4-8H,9H2,1-3H3;6H2,1-5H3;1-5H3;1-4H3/b;;;;10-7+;;;;;. The molecular formula is C121H176N2O13S4. The third-order valence-electron chi connectivity index (χ3n) is 21.7. The zero-order valence-corrected chi connectivity index (χ0v) is 95.2. The van der Waals surface area contributed by atoms with Crippen molar-refractivity contribution < 1.29 is 57.2 Å². The molecule has 2 heterocycles. The lowest BCUT2D eigenvalue weighted by Gasteiger charge is -2.24. The van der Waals surface area contributed by atoms with Gasteiger partial charge in [0.2, 0.25) is 0 Å². The second-order valence-electron chi connectivity index (χ2n) is 46.5. The van der Waals surface area contributed by atoms with Crippen molar-refractivity contribution in [3.8, 4) is 23.0 Å². The summed E-state index contributed by atoms with van der Waals surface area (Å²) in [5.41, 5.74) is 10.1. The van der Waals surface area contributed by atoms with Crippen LogP contribution in [0.2, 0.25) is 0 Å². The van der Waals surface area contributed by atoms with E-state index in [9.17, 15) is 38.5 Å². The van der Waals surface area contributed by atoms with E-state index in [1.165, 1.54) is 42.4 Å². The molecule has 0 atom stereocenters. The first-order chi connectivity index (χ1) is 64.3. The van der Waals surface area contributed by atoms with Crippen LogP contribution in [0.15, 0.2) is 303 Å². The SMILES string of the molecule is CC(=O)C(C)(C)C.CC(C)(C)C/C=C/c1ccccc1.CC(C)(C)CCCOc1ccccc1.CC(C)(C)CCCc1ccccc1.CC(C)(C)CCOc1ccccc1.CC(C)(C)Cc1ccccc1.CC(C)(C)S(=O)(=O)CC(c1ccccc1)c1ccccc1.CC(C)(C)S(=O)(=O)c1ccc(Oc2ccccc2)cc1.CC1=NCC(C)=C1S(=O)(=O)C(C)(C)C.Cc1noc(C)c1S(=O)(=O)C(C)(C)C. The van der Waals surface area contributed by atoms with Crippen LogP contribution < -0.4 is 14.2 Å². The van der Waals surface area contributed by atoms with Gasteiger partial charge < -0.3 is 18.7 Å². The first-order valence-electron chi connectivity index (χ1n) is 49.0. The van der Waals surface area contributed by atoms with Gasteiger partial charge >= 0.3 is 0 Å². The fraction of sp³-hybridized carbons (Fsp3) is 0.479. The highest BCUT2D eigenvalue weighted by molar-refractivity contribution is 7.97. The predicted octanol–water partition coefficient (Wildman–Crippen LogP) is 32.4. The summed E-state index contributed by atoms with van der Waals surface area (Å²) in [6, 6.07) is 87.3. The van der Waals surface area contributed by atoms with E-state index >= 15 is 0 Å². The minimum atomic E-state index is -3.35. The van der Waals surface area contributed by atoms with Crippen molar-refractivity contribution >= 4 is 56.9 Å². The Labute approximate surface area is 850 Å². The Morgan fingerprint density at radius 3 is 1.09 bits per heavy atom. The Balaban J connectivity index is 0.000000531. The van der Waals surface area contributed by atoms with Gasteiger partial charge in [-0.3, -0.25) is 9.79 Å². The highest BCUT2D eigenvalue weighted by Crippen LogP contribution is 2.36. The van der Waals surface area contributed by atoms with Gasteiger partial charge in [0.1, 0.15) is 33.7 Å². The molecule has 0 bridgehead atoms. The maximum atomic E-state index is 12.6. The number of allylic oxidation sites excluding steroid dienone is 2. The minimum Gasteiger partial charge on any atom is -0.494 e. The summed E-state index contributed by atoms with van der Waals surface area (Å²) in [6.07, 6.45) is 14.0. The molecule has 772 valence electrons. The van der Waals surface area contributed by atoms with E-state index in [0.29, 0.717) is 66.3 Å². The highest BCUT2D eigenvalue weighted by Gasteiger charge is 2.39. The molecule has 0 spiro atoms. The molecule has 0 saturated heterocycles. The number of rotatable bonds is 22. The van der Waals surface area contributed by atoms with Crippen molar-refractivity contribution in [1.29, 1.82) is 0 Å². The molecule has 0 saturated carbocycles. The average molecular weight is 2000 g/mol. The molecule has 11 rings (SSSR count). The zero-order chi connectivity index (χ0) is 107. The minimum absolute atomic E-state index is 0.128. The number of ether oxygens (including phenoxy) is 3. The number of ketones is 1. The summed E-state index contributed by atoms with van der Waals surface area (Å²) in [5, 5.41) is 3.64. The van der Waals surface area contributed by atoms with Crippen LogP contribution in [-0.4, -0.2) is 94.8 Å². The Hall–Kier alpha value is -9.79. The number of nitrogens with zero attached hydrogens (tertiary/aromatic N) is 2. The van der Waals surface area contributed by atoms with Crippen molar-refractivity contribution in [1.82, 2.24) is 5.16 Å². The maximum absolute atomic E-state index is 12.6. The number of carbonyl (C=O) groups excluding carboxylic acids is 1. The van der Waals surface area contributed by atoms with Crippen molar-refractivity contribution in [2.45, 2.75) is 328 Å². The van der Waals surface area contributed by atoms with Crippen molar-refractivity contribution in [2.75, 3.05) is 25.5 Å². The maximum Gasteiger partial charge on any atom is 0.188 e. The molecule has 0 aliphatic carbocycles. The third-order valence-corrected chi connectivity index (χ3v) is 32.4. The van der Waals surface area contributed by atoms with E-state index in [4.69, 9.17) is 18.7 Å². The van der Waals surface area contributed by atoms with Crippen molar-refractivity contribution in [3.05, 3.63) is 323 Å². The van der Waals surface area contributed by atoms with Crippen LogP contribution in [-0.2, 0) is 57.0 Å². The molecule has 15 nitrogen and oxygen atoms in total. The van der Waals surface area contributed by atoms with Gasteiger partial charge in [0, 0.05) is 11.3 Å². The normalized spacial score (nSPS) is 12.7. The molecule has 10 aromatic rings. The molecule has 19 heteroatoms. The van der Waals surface area contributed by atoms with Gasteiger partial charge in [-0.1, -0.05) is 348 Å². The number of carbonyl (C=O) groups is 1. The van der Waals surface area contributed by atoms with E-state index in [0.717, 1.165) is 72.8 Å². The molecule has 1 aromatic heterocycles. The number of hydrogen-bond acceptors (Lipinski definition) is 15. The van der Waals surface area contributed by atoms with Crippen molar-refractivity contribution in [3.63, 3.8) is 0 Å². The molecule has 0 N–H and O–H groups in total. The van der Waals surface area contributed by atoms with Gasteiger partial charge in [-0.25, -0.2) is 33.7 Å². The van der Waals surface area contributed by atoms with Crippen LogP contribution in [0, 0.1) is 46.3 Å². The Bertz CT molecular complexity index is 5640. The van der Waals surface area contributed by atoms with Gasteiger partial charge in [-0.05, 0) is 290 Å². The van der Waals surface area contributed by atoms with Crippen LogP contribution in [0.4, 0.5) is 0 Å². The number of para-hydroxylation sites is 3. The van der Waals surface area contributed by atoms with Crippen LogP contribution in [0.1, 0.15) is 312 Å². The van der Waals surface area contributed by atoms with Crippen LogP contribution >= 0.6 is 0 Å². The third kappa shape index (κ3) is 51.2. The Morgan fingerprint density at radius 1 is 0.386 bits per heavy atom. The number of Topliss-reactive ketones (excluding diaryl/α,β-unsaturated/α-hetero) is 1. The smallest absolute Gasteiger partial charge is 0.188 e. The van der Waals surface area contributed by atoms with E-state index < -0.39 is 58.3 Å². The summed E-state index contributed by atoms with van der Waals surface area (Å²) in [7, 11) is -13.1. The second-order valence-corrected chi connectivity index (χ2v) is 57.2. The Kier molecular flexibility index (Phi) is 51.9. The number of aryl methyl sites for hydroxylation is 3. The van der Waals surface area contributed by atoms with Crippen LogP contribution in [0.5, 0.6) is 23.0 Å². The first-order valence-corrected chi connectivity index (χ1v) is 55.1. The summed E-state index contributed by atoms with van der Waals surface area (Å²) >= 11 is 0. The number of hydrogen-bond donors (Lipinski definition) is 0. The monoisotopic (exact) mass is 1990 g/mol. The van der Waals surface area contributed by atoms with E-state index in [-0.39, 0.29) is 27.8 Å². The fourth-order valence-electron chi connectivity index (χ4n) is 12.6. The van der Waals surface area contributed by atoms with Crippen molar-refractivity contribution in [2.24, 2.45) is 37.5 Å². The second kappa shape index (κ2) is 57.5. The summed E-state index contributed by atoms with van der Waals surface area (Å²) < 4.78 is 117. The predicted molar refractivity (Wildman–Crippen MR) is 595 cm³/mol. The van der Waals surface area contributed by atoms with E-state index in [2.05, 4.69) is 211 Å². The van der Waals surface area contributed by atoms with Crippen LogP contribution in [0.25, 0.3) is 6.08 Å². The number of aromatic nitrogens is 1. The van der Waals surface area contributed by atoms with Gasteiger partial charge in [-0.2, -0.15) is 0 Å². The molecule has 140 heavy (non-hydrogen) atoms. The number of sulfone groups is 4. The molecule has 0 fully saturated rings. The molecule has 1 aliphatic heterocycles. The average Bonchev–Trinajstić information content (AvgIpc) is 1.56. The molecular weight excluding hydrogens is 1820 g/mol.